The molecule has 2 aromatic rings. The number of amides is 1. The zero-order valence-electron chi connectivity index (χ0n) is 15.0. The second-order valence-corrected chi connectivity index (χ2v) is 6.93. The summed E-state index contributed by atoms with van der Waals surface area (Å²) in [7, 11) is 0. The maximum atomic E-state index is 12.3. The molecular weight excluding hydrogens is 316 g/mol. The van der Waals surface area contributed by atoms with E-state index in [-0.39, 0.29) is 24.0 Å². The highest BCUT2D eigenvalue weighted by atomic mass is 16.5. The van der Waals surface area contributed by atoms with E-state index in [1.165, 1.54) is 6.20 Å². The summed E-state index contributed by atoms with van der Waals surface area (Å²) in [6.07, 6.45) is 2.11. The highest BCUT2D eigenvalue weighted by Crippen LogP contribution is 2.19. The van der Waals surface area contributed by atoms with Gasteiger partial charge in [0.1, 0.15) is 5.60 Å². The molecule has 0 aliphatic carbocycles. The lowest BCUT2D eigenvalue weighted by molar-refractivity contribution is 0.0948. The van der Waals surface area contributed by atoms with E-state index in [9.17, 15) is 9.90 Å². The Morgan fingerprint density at radius 2 is 1.92 bits per heavy atom. The maximum Gasteiger partial charge on any atom is 0.252 e. The SMILES string of the molecule is CC(C)(C)Oc1ccc(C(=O)NCC(CCO)c2ccccc2)cn1. The van der Waals surface area contributed by atoms with Crippen molar-refractivity contribution in [2.24, 2.45) is 0 Å². The number of ether oxygens (including phenoxy) is 1. The second-order valence-electron chi connectivity index (χ2n) is 6.93. The number of rotatable bonds is 7. The summed E-state index contributed by atoms with van der Waals surface area (Å²) >= 11 is 0. The van der Waals surface area contributed by atoms with Crippen molar-refractivity contribution in [3.05, 3.63) is 59.8 Å². The number of aliphatic hydroxyl groups is 1. The van der Waals surface area contributed by atoms with Crippen molar-refractivity contribution < 1.29 is 14.6 Å². The van der Waals surface area contributed by atoms with Gasteiger partial charge in [-0.05, 0) is 38.8 Å². The van der Waals surface area contributed by atoms with Gasteiger partial charge in [-0.25, -0.2) is 4.98 Å². The first-order valence-electron chi connectivity index (χ1n) is 8.48. The van der Waals surface area contributed by atoms with Crippen LogP contribution in [-0.4, -0.2) is 34.8 Å². The van der Waals surface area contributed by atoms with Gasteiger partial charge in [0.25, 0.3) is 5.91 Å². The lowest BCUT2D eigenvalue weighted by Crippen LogP contribution is -2.29. The van der Waals surface area contributed by atoms with E-state index in [1.807, 2.05) is 51.1 Å². The molecule has 0 aliphatic heterocycles. The van der Waals surface area contributed by atoms with Gasteiger partial charge in [-0.3, -0.25) is 4.79 Å². The summed E-state index contributed by atoms with van der Waals surface area (Å²) in [5.74, 6) is 0.381. The van der Waals surface area contributed by atoms with Gasteiger partial charge in [0, 0.05) is 31.3 Å². The number of nitrogens with one attached hydrogen (secondary N) is 1. The van der Waals surface area contributed by atoms with Crippen molar-refractivity contribution in [3.8, 4) is 5.88 Å². The fourth-order valence-corrected chi connectivity index (χ4v) is 2.47. The van der Waals surface area contributed by atoms with Crippen LogP contribution in [0.25, 0.3) is 0 Å². The molecule has 0 saturated heterocycles. The minimum Gasteiger partial charge on any atom is -0.472 e. The Kier molecular flexibility index (Phi) is 6.53. The van der Waals surface area contributed by atoms with E-state index in [0.717, 1.165) is 5.56 Å². The molecule has 0 radical (unpaired) electrons. The highest BCUT2D eigenvalue weighted by Gasteiger charge is 2.15. The van der Waals surface area contributed by atoms with Crippen molar-refractivity contribution in [1.82, 2.24) is 10.3 Å². The largest absolute Gasteiger partial charge is 0.472 e. The van der Waals surface area contributed by atoms with Crippen LogP contribution in [0.2, 0.25) is 0 Å². The Bertz CT molecular complexity index is 664. The van der Waals surface area contributed by atoms with Crippen molar-refractivity contribution >= 4 is 5.91 Å². The number of carbonyl (C=O) groups excluding carboxylic acids is 1. The van der Waals surface area contributed by atoms with E-state index in [4.69, 9.17) is 4.74 Å². The Labute approximate surface area is 149 Å². The summed E-state index contributed by atoms with van der Waals surface area (Å²) in [4.78, 5) is 16.5. The molecule has 1 amide bonds. The average Bonchev–Trinajstić information content (AvgIpc) is 2.58. The summed E-state index contributed by atoms with van der Waals surface area (Å²) in [6.45, 7) is 6.38. The summed E-state index contributed by atoms with van der Waals surface area (Å²) in [6, 6.07) is 13.3. The number of aliphatic hydroxyl groups excluding tert-OH is 1. The van der Waals surface area contributed by atoms with Gasteiger partial charge in [-0.1, -0.05) is 30.3 Å². The van der Waals surface area contributed by atoms with Gasteiger partial charge >= 0.3 is 0 Å². The van der Waals surface area contributed by atoms with Crippen molar-refractivity contribution in [1.29, 1.82) is 0 Å². The van der Waals surface area contributed by atoms with Gasteiger partial charge in [0.15, 0.2) is 0 Å². The van der Waals surface area contributed by atoms with Gasteiger partial charge in [0.05, 0.1) is 5.56 Å². The third-order valence-corrected chi connectivity index (χ3v) is 3.67. The van der Waals surface area contributed by atoms with E-state index in [1.54, 1.807) is 12.1 Å². The molecule has 5 heteroatoms. The number of carbonyl (C=O) groups is 1. The standard InChI is InChI=1S/C20H26N2O3/c1-20(2,3)25-18-10-9-17(14-21-18)19(24)22-13-16(11-12-23)15-7-5-4-6-8-15/h4-10,14,16,23H,11-13H2,1-3H3,(H,22,24). The fraction of sp³-hybridized carbons (Fsp3) is 0.400. The molecule has 0 aliphatic rings. The van der Waals surface area contributed by atoms with Crippen LogP contribution in [0.1, 0.15) is 49.0 Å². The Hall–Kier alpha value is -2.40. The molecule has 1 heterocycles. The van der Waals surface area contributed by atoms with E-state index >= 15 is 0 Å². The minimum atomic E-state index is -0.329. The molecule has 0 saturated carbocycles. The normalized spacial score (nSPS) is 12.5. The van der Waals surface area contributed by atoms with Crippen LogP contribution in [0.3, 0.4) is 0 Å². The summed E-state index contributed by atoms with van der Waals surface area (Å²) < 4.78 is 5.65. The topological polar surface area (TPSA) is 71.5 Å². The zero-order valence-corrected chi connectivity index (χ0v) is 15.0. The first-order valence-corrected chi connectivity index (χ1v) is 8.48. The highest BCUT2D eigenvalue weighted by molar-refractivity contribution is 5.93. The number of hydrogen-bond acceptors (Lipinski definition) is 4. The van der Waals surface area contributed by atoms with Crippen LogP contribution in [0.15, 0.2) is 48.7 Å². The van der Waals surface area contributed by atoms with Crippen LogP contribution in [0.4, 0.5) is 0 Å². The van der Waals surface area contributed by atoms with Crippen LogP contribution in [-0.2, 0) is 0 Å². The molecule has 0 spiro atoms. The van der Waals surface area contributed by atoms with Crippen molar-refractivity contribution in [2.75, 3.05) is 13.2 Å². The van der Waals surface area contributed by atoms with Gasteiger partial charge < -0.3 is 15.2 Å². The number of benzene rings is 1. The predicted octanol–water partition coefficient (Wildman–Crippen LogP) is 3.15. The van der Waals surface area contributed by atoms with E-state index < -0.39 is 0 Å². The predicted molar refractivity (Wildman–Crippen MR) is 97.8 cm³/mol. The monoisotopic (exact) mass is 342 g/mol. The van der Waals surface area contributed by atoms with Crippen LogP contribution >= 0.6 is 0 Å². The second kappa shape index (κ2) is 8.62. The lowest BCUT2D eigenvalue weighted by atomic mass is 9.96. The molecule has 2 rings (SSSR count). The summed E-state index contributed by atoms with van der Waals surface area (Å²) in [5.41, 5.74) is 1.25. The maximum absolute atomic E-state index is 12.3. The third-order valence-electron chi connectivity index (χ3n) is 3.67. The number of pyridine rings is 1. The number of hydrogen-bond donors (Lipinski definition) is 2. The Morgan fingerprint density at radius 3 is 2.48 bits per heavy atom. The van der Waals surface area contributed by atoms with Gasteiger partial charge in [0.2, 0.25) is 5.88 Å². The molecule has 0 fully saturated rings. The summed E-state index contributed by atoms with van der Waals surface area (Å²) in [5, 5.41) is 12.2. The molecule has 5 nitrogen and oxygen atoms in total. The molecular formula is C20H26N2O3. The van der Waals surface area contributed by atoms with Crippen LogP contribution < -0.4 is 10.1 Å². The van der Waals surface area contributed by atoms with E-state index in [0.29, 0.717) is 24.4 Å². The minimum absolute atomic E-state index is 0.0756. The first-order chi connectivity index (χ1) is 11.9. The quantitative estimate of drug-likeness (QED) is 0.811. The fourth-order valence-electron chi connectivity index (χ4n) is 2.47. The number of aromatic nitrogens is 1. The van der Waals surface area contributed by atoms with Crippen molar-refractivity contribution in [2.45, 2.75) is 38.7 Å². The molecule has 1 atom stereocenters. The third kappa shape index (κ3) is 6.19. The molecule has 1 aromatic carbocycles. The number of nitrogens with zero attached hydrogens (tertiary/aromatic N) is 1. The van der Waals surface area contributed by atoms with Crippen LogP contribution in [0.5, 0.6) is 5.88 Å². The molecule has 25 heavy (non-hydrogen) atoms. The Balaban J connectivity index is 1.96. The van der Waals surface area contributed by atoms with Gasteiger partial charge in [-0.2, -0.15) is 0 Å². The first kappa shape index (κ1) is 18.9. The average molecular weight is 342 g/mol. The lowest BCUT2D eigenvalue weighted by Gasteiger charge is -2.20. The Morgan fingerprint density at radius 1 is 1.20 bits per heavy atom. The molecule has 1 aromatic heterocycles. The molecule has 0 bridgehead atoms. The molecule has 2 N–H and O–H groups in total. The van der Waals surface area contributed by atoms with E-state index in [2.05, 4.69) is 10.3 Å². The smallest absolute Gasteiger partial charge is 0.252 e. The molecule has 1 unspecified atom stereocenters. The van der Waals surface area contributed by atoms with Crippen molar-refractivity contribution in [3.63, 3.8) is 0 Å². The van der Waals surface area contributed by atoms with Gasteiger partial charge in [-0.15, -0.1) is 0 Å². The molecule has 134 valence electrons. The zero-order chi connectivity index (χ0) is 18.3. The van der Waals surface area contributed by atoms with Crippen LogP contribution in [0, 0.1) is 0 Å².